The highest BCUT2D eigenvalue weighted by Crippen LogP contribution is 2.16. The van der Waals surface area contributed by atoms with Gasteiger partial charge in [0.15, 0.2) is 6.61 Å². The van der Waals surface area contributed by atoms with Crippen LogP contribution in [0.25, 0.3) is 0 Å². The van der Waals surface area contributed by atoms with E-state index in [4.69, 9.17) is 10.00 Å². The maximum Gasteiger partial charge on any atom is 0.295 e. The van der Waals surface area contributed by atoms with Crippen LogP contribution in [0.3, 0.4) is 0 Å². The highest BCUT2D eigenvalue weighted by Gasteiger charge is 2.12. The van der Waals surface area contributed by atoms with Gasteiger partial charge in [-0.25, -0.2) is 4.98 Å². The number of rotatable bonds is 6. The average molecular weight is 285 g/mol. The lowest BCUT2D eigenvalue weighted by atomic mass is 10.3. The Hall–Kier alpha value is -2.88. The number of benzene rings is 1. The third-order valence-electron chi connectivity index (χ3n) is 2.64. The van der Waals surface area contributed by atoms with Gasteiger partial charge in [0.25, 0.3) is 5.91 Å². The van der Waals surface area contributed by atoms with E-state index < -0.39 is 0 Å². The van der Waals surface area contributed by atoms with Crippen molar-refractivity contribution in [2.24, 2.45) is 0 Å². The smallest absolute Gasteiger partial charge is 0.295 e. The van der Waals surface area contributed by atoms with E-state index in [1.54, 1.807) is 24.3 Å². The zero-order chi connectivity index (χ0) is 15.1. The van der Waals surface area contributed by atoms with E-state index in [0.29, 0.717) is 17.3 Å². The standard InChI is InChI=1S/C14H15N5O2/c1-2-3-12-17-13(19-18-12)14(20)16-10-4-6-11(7-5-10)21-9-8-15/h4-7H,2-3,9H2,1H3,(H,16,20)(H,17,18,19). The second-order valence-electron chi connectivity index (χ2n) is 4.28. The van der Waals surface area contributed by atoms with Crippen LogP contribution in [0.2, 0.25) is 0 Å². The van der Waals surface area contributed by atoms with Crippen LogP contribution in [0.4, 0.5) is 5.69 Å². The molecule has 2 aromatic rings. The molecule has 0 aliphatic carbocycles. The number of nitrogens with one attached hydrogen (secondary N) is 2. The van der Waals surface area contributed by atoms with Gasteiger partial charge in [0.2, 0.25) is 5.82 Å². The van der Waals surface area contributed by atoms with Gasteiger partial charge in [0.05, 0.1) is 0 Å². The fraction of sp³-hybridized carbons (Fsp3) is 0.286. The minimum Gasteiger partial charge on any atom is -0.479 e. The molecule has 1 heterocycles. The Morgan fingerprint density at radius 2 is 2.19 bits per heavy atom. The van der Waals surface area contributed by atoms with E-state index >= 15 is 0 Å². The predicted octanol–water partition coefficient (Wildman–Crippen LogP) is 1.91. The number of carbonyl (C=O) groups excluding carboxylic acids is 1. The summed E-state index contributed by atoms with van der Waals surface area (Å²) < 4.78 is 5.13. The number of nitrogens with zero attached hydrogens (tertiary/aromatic N) is 3. The SMILES string of the molecule is CCCc1nc(C(=O)Nc2ccc(OCC#N)cc2)n[nH]1. The molecule has 7 nitrogen and oxygen atoms in total. The summed E-state index contributed by atoms with van der Waals surface area (Å²) in [5.41, 5.74) is 0.603. The third kappa shape index (κ3) is 4.04. The van der Waals surface area contributed by atoms with Gasteiger partial charge in [-0.15, -0.1) is 5.10 Å². The zero-order valence-corrected chi connectivity index (χ0v) is 11.6. The van der Waals surface area contributed by atoms with Gasteiger partial charge in [-0.1, -0.05) is 6.92 Å². The first-order valence-corrected chi connectivity index (χ1v) is 6.55. The van der Waals surface area contributed by atoms with Crippen LogP contribution >= 0.6 is 0 Å². The molecule has 0 fully saturated rings. The first-order chi connectivity index (χ1) is 10.2. The average Bonchev–Trinajstić information content (AvgIpc) is 2.96. The summed E-state index contributed by atoms with van der Waals surface area (Å²) in [6.07, 6.45) is 1.69. The second-order valence-corrected chi connectivity index (χ2v) is 4.28. The Morgan fingerprint density at radius 1 is 1.43 bits per heavy atom. The lowest BCUT2D eigenvalue weighted by molar-refractivity contribution is 0.101. The van der Waals surface area contributed by atoms with E-state index in [1.807, 2.05) is 13.0 Å². The lowest BCUT2D eigenvalue weighted by Gasteiger charge is -2.04. The van der Waals surface area contributed by atoms with Gasteiger partial charge < -0.3 is 10.1 Å². The zero-order valence-electron chi connectivity index (χ0n) is 11.6. The Morgan fingerprint density at radius 3 is 2.86 bits per heavy atom. The normalized spacial score (nSPS) is 9.90. The Balaban J connectivity index is 1.97. The highest BCUT2D eigenvalue weighted by molar-refractivity contribution is 6.01. The molecule has 2 N–H and O–H groups in total. The first kappa shape index (κ1) is 14.5. The summed E-state index contributed by atoms with van der Waals surface area (Å²) in [5, 5.41) is 17.7. The molecule has 1 amide bonds. The number of aryl methyl sites for hydroxylation is 1. The van der Waals surface area contributed by atoms with E-state index in [0.717, 1.165) is 12.8 Å². The van der Waals surface area contributed by atoms with E-state index in [9.17, 15) is 4.79 Å². The van der Waals surface area contributed by atoms with Crippen molar-refractivity contribution in [3.63, 3.8) is 0 Å². The summed E-state index contributed by atoms with van der Waals surface area (Å²) >= 11 is 0. The van der Waals surface area contributed by atoms with Gasteiger partial charge in [-0.2, -0.15) is 5.26 Å². The predicted molar refractivity (Wildman–Crippen MR) is 75.9 cm³/mol. The third-order valence-corrected chi connectivity index (χ3v) is 2.64. The Labute approximate surface area is 122 Å². The molecule has 0 aliphatic heterocycles. The van der Waals surface area contributed by atoms with Crippen LogP contribution in [0.5, 0.6) is 5.75 Å². The summed E-state index contributed by atoms with van der Waals surface area (Å²) in [7, 11) is 0. The summed E-state index contributed by atoms with van der Waals surface area (Å²) in [6.45, 7) is 2.02. The molecule has 7 heteroatoms. The number of H-pyrrole nitrogens is 1. The molecule has 2 rings (SSSR count). The van der Waals surface area contributed by atoms with E-state index in [-0.39, 0.29) is 18.3 Å². The monoisotopic (exact) mass is 285 g/mol. The summed E-state index contributed by atoms with van der Waals surface area (Å²) in [6, 6.07) is 8.60. The summed E-state index contributed by atoms with van der Waals surface area (Å²) in [5.74, 6) is 1.00. The maximum absolute atomic E-state index is 12.0. The van der Waals surface area contributed by atoms with Crippen molar-refractivity contribution < 1.29 is 9.53 Å². The number of amides is 1. The van der Waals surface area contributed by atoms with Gasteiger partial charge in [-0.05, 0) is 30.7 Å². The van der Waals surface area contributed by atoms with Crippen LogP contribution in [0, 0.1) is 11.3 Å². The number of hydrogen-bond acceptors (Lipinski definition) is 5. The van der Waals surface area contributed by atoms with Crippen molar-refractivity contribution in [1.82, 2.24) is 15.2 Å². The Bertz CT molecular complexity index is 642. The molecule has 0 saturated carbocycles. The number of nitriles is 1. The van der Waals surface area contributed by atoms with Crippen molar-refractivity contribution in [3.8, 4) is 11.8 Å². The maximum atomic E-state index is 12.0. The minimum atomic E-state index is -0.376. The second kappa shape index (κ2) is 7.05. The quantitative estimate of drug-likeness (QED) is 0.843. The molecule has 21 heavy (non-hydrogen) atoms. The van der Waals surface area contributed by atoms with Gasteiger partial charge in [0.1, 0.15) is 17.6 Å². The molecular weight excluding hydrogens is 270 g/mol. The fourth-order valence-electron chi connectivity index (χ4n) is 1.68. The summed E-state index contributed by atoms with van der Waals surface area (Å²) in [4.78, 5) is 16.1. The van der Waals surface area contributed by atoms with Crippen LogP contribution in [-0.4, -0.2) is 27.7 Å². The minimum absolute atomic E-state index is 0.0108. The highest BCUT2D eigenvalue weighted by atomic mass is 16.5. The molecule has 108 valence electrons. The van der Waals surface area contributed by atoms with Crippen LogP contribution < -0.4 is 10.1 Å². The number of aromatic nitrogens is 3. The molecule has 0 unspecified atom stereocenters. The molecule has 1 aromatic heterocycles. The molecule has 0 aliphatic rings. The fourth-order valence-corrected chi connectivity index (χ4v) is 1.68. The molecule has 0 saturated heterocycles. The van der Waals surface area contributed by atoms with Crippen LogP contribution in [0.15, 0.2) is 24.3 Å². The molecule has 0 atom stereocenters. The van der Waals surface area contributed by atoms with E-state index in [2.05, 4.69) is 20.5 Å². The number of anilines is 1. The first-order valence-electron chi connectivity index (χ1n) is 6.55. The number of ether oxygens (including phenoxy) is 1. The van der Waals surface area contributed by atoms with Gasteiger partial charge >= 0.3 is 0 Å². The molecule has 1 aromatic carbocycles. The van der Waals surface area contributed by atoms with Gasteiger partial charge in [-0.3, -0.25) is 9.89 Å². The van der Waals surface area contributed by atoms with Crippen LogP contribution in [0.1, 0.15) is 29.8 Å². The topological polar surface area (TPSA) is 104 Å². The van der Waals surface area contributed by atoms with Gasteiger partial charge in [0, 0.05) is 12.1 Å². The van der Waals surface area contributed by atoms with Crippen molar-refractivity contribution in [1.29, 1.82) is 5.26 Å². The van der Waals surface area contributed by atoms with Crippen molar-refractivity contribution >= 4 is 11.6 Å². The molecular formula is C14H15N5O2. The molecule has 0 spiro atoms. The van der Waals surface area contributed by atoms with Crippen molar-refractivity contribution in [2.75, 3.05) is 11.9 Å². The molecule has 0 bridgehead atoms. The van der Waals surface area contributed by atoms with Crippen molar-refractivity contribution in [2.45, 2.75) is 19.8 Å². The number of carbonyl (C=O) groups is 1. The van der Waals surface area contributed by atoms with Crippen molar-refractivity contribution in [3.05, 3.63) is 35.9 Å². The van der Waals surface area contributed by atoms with Crippen LogP contribution in [-0.2, 0) is 6.42 Å². The Kier molecular flexibility index (Phi) is 4.88. The lowest BCUT2D eigenvalue weighted by Crippen LogP contribution is -2.13. The number of hydrogen-bond donors (Lipinski definition) is 2. The largest absolute Gasteiger partial charge is 0.479 e. The van der Waals surface area contributed by atoms with E-state index in [1.165, 1.54) is 0 Å². The number of aromatic amines is 1. The molecule has 0 radical (unpaired) electrons.